The Labute approximate surface area is 162 Å². The Bertz CT molecular complexity index is 722. The number of amides is 1. The highest BCUT2D eigenvalue weighted by atomic mass is 32.1. The minimum absolute atomic E-state index is 0.125. The molecule has 2 atom stereocenters. The van der Waals surface area contributed by atoms with Crippen LogP contribution in [0.3, 0.4) is 0 Å². The molecule has 0 bridgehead atoms. The van der Waals surface area contributed by atoms with Crippen molar-refractivity contribution in [3.05, 3.63) is 28.2 Å². The first-order valence-corrected chi connectivity index (χ1v) is 9.17. The zero-order chi connectivity index (χ0) is 20.9. The van der Waals surface area contributed by atoms with Crippen molar-refractivity contribution in [2.24, 2.45) is 0 Å². The Morgan fingerprint density at radius 3 is 2.33 bits per heavy atom. The molecule has 1 N–H and O–H groups in total. The molecule has 0 unspecified atom stereocenters. The molecule has 0 aliphatic carbocycles. The fourth-order valence-electron chi connectivity index (χ4n) is 2.29. The van der Waals surface area contributed by atoms with Gasteiger partial charge in [0, 0.05) is 25.8 Å². The number of ether oxygens (including phenoxy) is 2. The van der Waals surface area contributed by atoms with Gasteiger partial charge in [-0.25, -0.2) is 14.6 Å². The van der Waals surface area contributed by atoms with Crippen LogP contribution in [0.5, 0.6) is 0 Å². The molecule has 8 nitrogen and oxygen atoms in total. The summed E-state index contributed by atoms with van der Waals surface area (Å²) in [6.07, 6.45) is -1.17. The number of carboxylic acid groups (broad SMARTS) is 1. The van der Waals surface area contributed by atoms with Gasteiger partial charge in [-0.2, -0.15) is 0 Å². The van der Waals surface area contributed by atoms with E-state index in [-0.39, 0.29) is 12.1 Å². The summed E-state index contributed by atoms with van der Waals surface area (Å²) in [5.41, 5.74) is -0.124. The zero-order valence-corrected chi connectivity index (χ0v) is 17.3. The van der Waals surface area contributed by atoms with Crippen molar-refractivity contribution in [1.82, 2.24) is 9.88 Å². The Hall–Kier alpha value is -2.42. The van der Waals surface area contributed by atoms with E-state index < -0.39 is 35.8 Å². The number of carboxylic acids is 1. The minimum Gasteiger partial charge on any atom is -0.476 e. The number of esters is 1. The molecule has 0 aliphatic rings. The van der Waals surface area contributed by atoms with Gasteiger partial charge in [0.15, 0.2) is 11.8 Å². The van der Waals surface area contributed by atoms with Gasteiger partial charge in [-0.05, 0) is 27.7 Å². The van der Waals surface area contributed by atoms with Crippen molar-refractivity contribution in [2.75, 3.05) is 7.05 Å². The van der Waals surface area contributed by atoms with E-state index in [1.54, 1.807) is 34.7 Å². The van der Waals surface area contributed by atoms with Crippen LogP contribution in [0.1, 0.15) is 62.6 Å². The molecule has 0 aliphatic heterocycles. The SMILES string of the molecule is C=C(C)[C@@H](C[C@H](OC(C)=O)c1nc(C(=O)O)cs1)N(C)C(=O)OC(C)(C)C. The third-order valence-corrected chi connectivity index (χ3v) is 4.42. The van der Waals surface area contributed by atoms with Gasteiger partial charge in [-0.15, -0.1) is 11.3 Å². The Morgan fingerprint density at radius 1 is 1.33 bits per heavy atom. The first kappa shape index (κ1) is 22.6. The second-order valence-electron chi connectivity index (χ2n) is 7.16. The van der Waals surface area contributed by atoms with E-state index in [4.69, 9.17) is 14.6 Å². The van der Waals surface area contributed by atoms with Gasteiger partial charge >= 0.3 is 18.0 Å². The second kappa shape index (κ2) is 8.98. The molecule has 1 aromatic heterocycles. The maximum atomic E-state index is 12.4. The van der Waals surface area contributed by atoms with Crippen molar-refractivity contribution in [3.63, 3.8) is 0 Å². The molecule has 9 heteroatoms. The van der Waals surface area contributed by atoms with Gasteiger partial charge < -0.3 is 19.5 Å². The lowest BCUT2D eigenvalue weighted by Crippen LogP contribution is -2.42. The molecule has 0 fully saturated rings. The van der Waals surface area contributed by atoms with Gasteiger partial charge in [0.25, 0.3) is 0 Å². The molecule has 150 valence electrons. The first-order chi connectivity index (χ1) is 12.3. The molecular formula is C18H26N2O6S. The van der Waals surface area contributed by atoms with E-state index in [1.807, 2.05) is 0 Å². The summed E-state index contributed by atoms with van der Waals surface area (Å²) in [7, 11) is 1.57. The number of hydrogen-bond donors (Lipinski definition) is 1. The normalized spacial score (nSPS) is 13.4. The average Bonchev–Trinajstić information content (AvgIpc) is 2.98. The predicted molar refractivity (Wildman–Crippen MR) is 101 cm³/mol. The van der Waals surface area contributed by atoms with E-state index >= 15 is 0 Å². The largest absolute Gasteiger partial charge is 0.476 e. The van der Waals surface area contributed by atoms with Crippen molar-refractivity contribution >= 4 is 29.4 Å². The lowest BCUT2D eigenvalue weighted by atomic mass is 10.0. The highest BCUT2D eigenvalue weighted by molar-refractivity contribution is 7.09. The highest BCUT2D eigenvalue weighted by Gasteiger charge is 2.31. The number of carbonyl (C=O) groups excluding carboxylic acids is 2. The molecule has 1 aromatic rings. The topological polar surface area (TPSA) is 106 Å². The fourth-order valence-corrected chi connectivity index (χ4v) is 3.12. The molecule has 0 aromatic carbocycles. The summed E-state index contributed by atoms with van der Waals surface area (Å²) in [5.74, 6) is -1.70. The van der Waals surface area contributed by atoms with Gasteiger partial charge in [0.05, 0.1) is 6.04 Å². The third-order valence-electron chi connectivity index (χ3n) is 3.48. The van der Waals surface area contributed by atoms with Crippen LogP contribution in [0.25, 0.3) is 0 Å². The van der Waals surface area contributed by atoms with Crippen LogP contribution < -0.4 is 0 Å². The van der Waals surface area contributed by atoms with E-state index in [0.29, 0.717) is 10.6 Å². The monoisotopic (exact) mass is 398 g/mol. The van der Waals surface area contributed by atoms with Crippen LogP contribution in [-0.4, -0.2) is 51.7 Å². The summed E-state index contributed by atoms with van der Waals surface area (Å²) in [6, 6.07) is -0.499. The molecule has 0 saturated carbocycles. The van der Waals surface area contributed by atoms with Crippen LogP contribution in [-0.2, 0) is 14.3 Å². The molecule has 1 heterocycles. The van der Waals surface area contributed by atoms with Crippen LogP contribution >= 0.6 is 11.3 Å². The fraction of sp³-hybridized carbons (Fsp3) is 0.556. The Balaban J connectivity index is 3.09. The number of aromatic nitrogens is 1. The number of rotatable bonds is 7. The molecule has 27 heavy (non-hydrogen) atoms. The van der Waals surface area contributed by atoms with Crippen molar-refractivity contribution in [2.45, 2.75) is 58.8 Å². The highest BCUT2D eigenvalue weighted by Crippen LogP contribution is 2.30. The quantitative estimate of drug-likeness (QED) is 0.552. The summed E-state index contributed by atoms with van der Waals surface area (Å²) in [6.45, 7) is 12.2. The van der Waals surface area contributed by atoms with Gasteiger partial charge in [0.2, 0.25) is 0 Å². The Morgan fingerprint density at radius 2 is 1.93 bits per heavy atom. The maximum absolute atomic E-state index is 12.4. The average molecular weight is 398 g/mol. The summed E-state index contributed by atoms with van der Waals surface area (Å²) in [4.78, 5) is 40.4. The van der Waals surface area contributed by atoms with E-state index in [2.05, 4.69) is 11.6 Å². The maximum Gasteiger partial charge on any atom is 0.410 e. The van der Waals surface area contributed by atoms with Crippen LogP contribution in [0.2, 0.25) is 0 Å². The van der Waals surface area contributed by atoms with Crippen LogP contribution in [0.15, 0.2) is 17.5 Å². The summed E-state index contributed by atoms with van der Waals surface area (Å²) >= 11 is 1.08. The van der Waals surface area contributed by atoms with Crippen molar-refractivity contribution < 1.29 is 29.0 Å². The first-order valence-electron chi connectivity index (χ1n) is 8.29. The predicted octanol–water partition coefficient (Wildman–Crippen LogP) is 3.65. The lowest BCUT2D eigenvalue weighted by Gasteiger charge is -2.32. The number of likely N-dealkylation sites (N-methyl/N-ethyl adjacent to an activating group) is 1. The zero-order valence-electron chi connectivity index (χ0n) is 16.4. The van der Waals surface area contributed by atoms with E-state index in [9.17, 15) is 14.4 Å². The molecule has 1 amide bonds. The van der Waals surface area contributed by atoms with Gasteiger partial charge in [0.1, 0.15) is 10.6 Å². The smallest absolute Gasteiger partial charge is 0.410 e. The number of carbonyl (C=O) groups is 3. The molecule has 0 saturated heterocycles. The Kier molecular flexibility index (Phi) is 7.53. The molecule has 0 spiro atoms. The lowest BCUT2D eigenvalue weighted by molar-refractivity contribution is -0.147. The standard InChI is InChI=1S/C18H26N2O6S/c1-10(2)13(20(7)17(24)26-18(4,5)6)8-14(25-11(3)21)15-19-12(9-27-15)16(22)23/h9,13-14H,1,8H2,2-7H3,(H,22,23)/t13-,14+/m1/s1. The van der Waals surface area contributed by atoms with E-state index in [0.717, 1.165) is 11.3 Å². The number of hydrogen-bond acceptors (Lipinski definition) is 7. The van der Waals surface area contributed by atoms with Gasteiger partial charge in [-0.3, -0.25) is 4.79 Å². The summed E-state index contributed by atoms with van der Waals surface area (Å²) < 4.78 is 10.7. The van der Waals surface area contributed by atoms with Crippen molar-refractivity contribution in [3.8, 4) is 0 Å². The minimum atomic E-state index is -1.17. The number of nitrogens with zero attached hydrogens (tertiary/aromatic N) is 2. The number of aromatic carboxylic acids is 1. The number of thiazole rings is 1. The van der Waals surface area contributed by atoms with Crippen molar-refractivity contribution in [1.29, 1.82) is 0 Å². The van der Waals surface area contributed by atoms with Crippen LogP contribution in [0, 0.1) is 0 Å². The van der Waals surface area contributed by atoms with Crippen LogP contribution in [0.4, 0.5) is 4.79 Å². The van der Waals surface area contributed by atoms with Gasteiger partial charge in [-0.1, -0.05) is 12.2 Å². The van der Waals surface area contributed by atoms with E-state index in [1.165, 1.54) is 17.2 Å². The molecule has 1 rings (SSSR count). The molecular weight excluding hydrogens is 372 g/mol. The second-order valence-corrected chi connectivity index (χ2v) is 8.05. The third kappa shape index (κ3) is 7.01. The molecule has 0 radical (unpaired) electrons. The summed E-state index contributed by atoms with van der Waals surface area (Å²) in [5, 5.41) is 10.8.